The predicted molar refractivity (Wildman–Crippen MR) is 72.5 cm³/mol. The van der Waals surface area contributed by atoms with Crippen LogP contribution in [0, 0.1) is 0 Å². The standard InChI is InChI=1S/C14H19N3O/c1-3-14(15,4-2)10-18-13-9-16-11-7-5-6-8-12(11)17-13/h5-9H,3-4,10,15H2,1-2H3. The fraction of sp³-hybridized carbons (Fsp3) is 0.429. The molecule has 2 aromatic rings. The number of rotatable bonds is 5. The number of aromatic nitrogens is 2. The first-order valence-electron chi connectivity index (χ1n) is 6.30. The minimum absolute atomic E-state index is 0.284. The summed E-state index contributed by atoms with van der Waals surface area (Å²) >= 11 is 0. The van der Waals surface area contributed by atoms with Crippen LogP contribution in [0.2, 0.25) is 0 Å². The van der Waals surface area contributed by atoms with Crippen molar-refractivity contribution in [3.63, 3.8) is 0 Å². The Bertz CT molecular complexity index is 523. The summed E-state index contributed by atoms with van der Waals surface area (Å²) in [5.74, 6) is 0.533. The van der Waals surface area contributed by atoms with Gasteiger partial charge in [-0.15, -0.1) is 0 Å². The Balaban J connectivity index is 2.12. The quantitative estimate of drug-likeness (QED) is 0.879. The maximum Gasteiger partial charge on any atom is 0.232 e. The first kappa shape index (κ1) is 12.8. The number of nitrogens with zero attached hydrogens (tertiary/aromatic N) is 2. The highest BCUT2D eigenvalue weighted by molar-refractivity contribution is 5.73. The molecule has 4 heteroatoms. The zero-order valence-electron chi connectivity index (χ0n) is 10.9. The van der Waals surface area contributed by atoms with Gasteiger partial charge in [0.05, 0.1) is 17.2 Å². The van der Waals surface area contributed by atoms with Gasteiger partial charge in [-0.25, -0.2) is 9.97 Å². The molecule has 1 aromatic carbocycles. The molecule has 0 aliphatic rings. The Hall–Kier alpha value is -1.68. The molecule has 0 bridgehead atoms. The Morgan fingerprint density at radius 1 is 1.17 bits per heavy atom. The van der Waals surface area contributed by atoms with Crippen molar-refractivity contribution >= 4 is 11.0 Å². The third-order valence-electron chi connectivity index (χ3n) is 3.34. The maximum atomic E-state index is 6.18. The maximum absolute atomic E-state index is 6.18. The molecule has 0 unspecified atom stereocenters. The lowest BCUT2D eigenvalue weighted by Crippen LogP contribution is -2.44. The molecule has 0 saturated heterocycles. The molecule has 0 fully saturated rings. The number of fused-ring (bicyclic) bond motifs is 1. The summed E-state index contributed by atoms with van der Waals surface area (Å²) in [6.07, 6.45) is 3.41. The van der Waals surface area contributed by atoms with Crippen molar-refractivity contribution in [2.24, 2.45) is 5.73 Å². The van der Waals surface area contributed by atoms with Crippen LogP contribution in [0.3, 0.4) is 0 Å². The van der Waals surface area contributed by atoms with Crippen molar-refractivity contribution in [1.82, 2.24) is 9.97 Å². The molecule has 0 radical (unpaired) electrons. The zero-order chi connectivity index (χ0) is 13.0. The SMILES string of the molecule is CCC(N)(CC)COc1cnc2ccccc2n1. The van der Waals surface area contributed by atoms with Crippen molar-refractivity contribution in [2.75, 3.05) is 6.61 Å². The molecule has 1 heterocycles. The van der Waals surface area contributed by atoms with Gasteiger partial charge >= 0.3 is 0 Å². The predicted octanol–water partition coefficient (Wildman–Crippen LogP) is 2.53. The summed E-state index contributed by atoms with van der Waals surface area (Å²) in [6, 6.07) is 7.73. The summed E-state index contributed by atoms with van der Waals surface area (Å²) in [7, 11) is 0. The van der Waals surface area contributed by atoms with E-state index in [2.05, 4.69) is 23.8 Å². The minimum Gasteiger partial charge on any atom is -0.475 e. The van der Waals surface area contributed by atoms with E-state index in [1.54, 1.807) is 6.20 Å². The topological polar surface area (TPSA) is 61.0 Å². The van der Waals surface area contributed by atoms with Gasteiger partial charge in [0, 0.05) is 5.54 Å². The van der Waals surface area contributed by atoms with Crippen LogP contribution in [-0.2, 0) is 0 Å². The number of ether oxygens (including phenoxy) is 1. The molecule has 96 valence electrons. The molecule has 0 amide bonds. The summed E-state index contributed by atoms with van der Waals surface area (Å²) in [5.41, 5.74) is 7.61. The smallest absolute Gasteiger partial charge is 0.232 e. The molecule has 18 heavy (non-hydrogen) atoms. The molecular formula is C14H19N3O. The van der Waals surface area contributed by atoms with Crippen molar-refractivity contribution in [3.05, 3.63) is 30.5 Å². The number of para-hydroxylation sites is 2. The molecule has 0 atom stereocenters. The minimum atomic E-state index is -0.284. The summed E-state index contributed by atoms with van der Waals surface area (Å²) in [4.78, 5) is 8.71. The van der Waals surface area contributed by atoms with Gasteiger partial charge in [-0.2, -0.15) is 0 Å². The van der Waals surface area contributed by atoms with Gasteiger partial charge in [0.25, 0.3) is 0 Å². The van der Waals surface area contributed by atoms with Crippen molar-refractivity contribution in [2.45, 2.75) is 32.2 Å². The van der Waals surface area contributed by atoms with Crippen molar-refractivity contribution in [3.8, 4) is 5.88 Å². The molecular weight excluding hydrogens is 226 g/mol. The van der Waals surface area contributed by atoms with E-state index in [1.165, 1.54) is 0 Å². The summed E-state index contributed by atoms with van der Waals surface area (Å²) in [5, 5.41) is 0. The fourth-order valence-corrected chi connectivity index (χ4v) is 1.68. The van der Waals surface area contributed by atoms with Crippen LogP contribution in [0.25, 0.3) is 11.0 Å². The lowest BCUT2D eigenvalue weighted by atomic mass is 9.96. The van der Waals surface area contributed by atoms with Crippen LogP contribution >= 0.6 is 0 Å². The Kier molecular flexibility index (Phi) is 3.77. The fourth-order valence-electron chi connectivity index (χ4n) is 1.68. The van der Waals surface area contributed by atoms with E-state index in [9.17, 15) is 0 Å². The molecule has 1 aromatic heterocycles. The number of hydrogen-bond acceptors (Lipinski definition) is 4. The van der Waals surface area contributed by atoms with Crippen LogP contribution in [0.5, 0.6) is 5.88 Å². The lowest BCUT2D eigenvalue weighted by molar-refractivity contribution is 0.201. The molecule has 2 rings (SSSR count). The Morgan fingerprint density at radius 3 is 2.50 bits per heavy atom. The molecule has 0 saturated carbocycles. The number of benzene rings is 1. The van der Waals surface area contributed by atoms with E-state index < -0.39 is 0 Å². The van der Waals surface area contributed by atoms with Crippen molar-refractivity contribution < 1.29 is 4.74 Å². The molecule has 4 nitrogen and oxygen atoms in total. The summed E-state index contributed by atoms with van der Waals surface area (Å²) < 4.78 is 5.66. The zero-order valence-corrected chi connectivity index (χ0v) is 10.9. The van der Waals surface area contributed by atoms with Crippen LogP contribution in [0.1, 0.15) is 26.7 Å². The molecule has 0 aliphatic carbocycles. The second-order valence-electron chi connectivity index (χ2n) is 4.56. The Morgan fingerprint density at radius 2 is 1.83 bits per heavy atom. The van der Waals surface area contributed by atoms with Gasteiger partial charge in [0.1, 0.15) is 6.61 Å². The van der Waals surface area contributed by atoms with E-state index in [-0.39, 0.29) is 5.54 Å². The average Bonchev–Trinajstić information content (AvgIpc) is 2.44. The van der Waals surface area contributed by atoms with Crippen LogP contribution in [-0.4, -0.2) is 22.1 Å². The second kappa shape index (κ2) is 5.31. The van der Waals surface area contributed by atoms with Gasteiger partial charge in [0.15, 0.2) is 0 Å². The van der Waals surface area contributed by atoms with Crippen LogP contribution < -0.4 is 10.5 Å². The van der Waals surface area contributed by atoms with Crippen molar-refractivity contribution in [1.29, 1.82) is 0 Å². The second-order valence-corrected chi connectivity index (χ2v) is 4.56. The highest BCUT2D eigenvalue weighted by atomic mass is 16.5. The molecule has 0 spiro atoms. The van der Waals surface area contributed by atoms with E-state index >= 15 is 0 Å². The largest absolute Gasteiger partial charge is 0.475 e. The molecule has 2 N–H and O–H groups in total. The normalized spacial score (nSPS) is 11.7. The number of nitrogens with two attached hydrogens (primary N) is 1. The van der Waals surface area contributed by atoms with E-state index in [4.69, 9.17) is 10.5 Å². The van der Waals surface area contributed by atoms with E-state index in [0.29, 0.717) is 12.5 Å². The van der Waals surface area contributed by atoms with E-state index in [0.717, 1.165) is 23.9 Å². The van der Waals surface area contributed by atoms with Crippen LogP contribution in [0.4, 0.5) is 0 Å². The molecule has 0 aliphatic heterocycles. The lowest BCUT2D eigenvalue weighted by Gasteiger charge is -2.26. The Labute approximate surface area is 107 Å². The van der Waals surface area contributed by atoms with Gasteiger partial charge in [-0.1, -0.05) is 26.0 Å². The van der Waals surface area contributed by atoms with Gasteiger partial charge in [-0.3, -0.25) is 0 Å². The monoisotopic (exact) mass is 245 g/mol. The van der Waals surface area contributed by atoms with Crippen LogP contribution in [0.15, 0.2) is 30.5 Å². The van der Waals surface area contributed by atoms with Gasteiger partial charge < -0.3 is 10.5 Å². The average molecular weight is 245 g/mol. The van der Waals surface area contributed by atoms with E-state index in [1.807, 2.05) is 24.3 Å². The van der Waals surface area contributed by atoms with Gasteiger partial charge in [0.2, 0.25) is 5.88 Å². The first-order chi connectivity index (χ1) is 8.67. The first-order valence-corrected chi connectivity index (χ1v) is 6.30. The highest BCUT2D eigenvalue weighted by Crippen LogP contribution is 2.16. The number of hydrogen-bond donors (Lipinski definition) is 1. The summed E-state index contributed by atoms with van der Waals surface area (Å²) in [6.45, 7) is 4.60. The highest BCUT2D eigenvalue weighted by Gasteiger charge is 2.21. The third kappa shape index (κ3) is 2.76. The third-order valence-corrected chi connectivity index (χ3v) is 3.34. The van der Waals surface area contributed by atoms with Gasteiger partial charge in [-0.05, 0) is 25.0 Å².